The molecule has 7 nitrogen and oxygen atoms in total. The number of ether oxygens (including phenoxy) is 3. The largest absolute Gasteiger partial charge is 0.479 e. The third-order valence-electron chi connectivity index (χ3n) is 5.61. The molecule has 0 aliphatic heterocycles. The van der Waals surface area contributed by atoms with E-state index in [9.17, 15) is 9.90 Å². The molecule has 0 amide bonds. The van der Waals surface area contributed by atoms with Crippen LogP contribution in [0.5, 0.6) is 0 Å². The van der Waals surface area contributed by atoms with Crippen LogP contribution in [0.25, 0.3) is 11.5 Å². The summed E-state index contributed by atoms with van der Waals surface area (Å²) in [5, 5.41) is 9.36. The summed E-state index contributed by atoms with van der Waals surface area (Å²) in [5.74, 6) is 0.652. The SMILES string of the molecule is Cc1ccc(-c2nc(CO[C@H]3CCC[C@@H](OCC(OCC(C)C)C(=O)O)C3)c(C)o2)cc1. The lowest BCUT2D eigenvalue weighted by Crippen LogP contribution is -2.35. The van der Waals surface area contributed by atoms with E-state index in [2.05, 4.69) is 4.98 Å². The number of aliphatic carboxylic acids is 1. The number of oxazole rings is 1. The minimum absolute atomic E-state index is 0.0280. The van der Waals surface area contributed by atoms with E-state index in [1.165, 1.54) is 5.56 Å². The number of benzene rings is 1. The van der Waals surface area contributed by atoms with Crippen LogP contribution in [0.4, 0.5) is 0 Å². The molecule has 2 aromatic rings. The zero-order valence-corrected chi connectivity index (χ0v) is 19.5. The first-order chi connectivity index (χ1) is 15.3. The number of carboxylic acids is 1. The van der Waals surface area contributed by atoms with Crippen LogP contribution >= 0.6 is 0 Å². The molecule has 1 unspecified atom stereocenters. The normalized spacial score (nSPS) is 19.9. The van der Waals surface area contributed by atoms with Crippen molar-refractivity contribution < 1.29 is 28.5 Å². The Kier molecular flexibility index (Phi) is 8.84. The molecule has 3 rings (SSSR count). The number of carboxylic acid groups (broad SMARTS) is 1. The highest BCUT2D eigenvalue weighted by Crippen LogP contribution is 2.27. The molecule has 1 aromatic carbocycles. The highest BCUT2D eigenvalue weighted by atomic mass is 16.6. The second-order valence-corrected chi connectivity index (χ2v) is 9.00. The maximum atomic E-state index is 11.4. The van der Waals surface area contributed by atoms with Crippen LogP contribution in [0, 0.1) is 19.8 Å². The molecule has 7 heteroatoms. The Morgan fingerprint density at radius 2 is 1.81 bits per heavy atom. The number of carbonyl (C=O) groups is 1. The van der Waals surface area contributed by atoms with Crippen LogP contribution < -0.4 is 0 Å². The van der Waals surface area contributed by atoms with Gasteiger partial charge in [-0.05, 0) is 57.6 Å². The van der Waals surface area contributed by atoms with Gasteiger partial charge in [-0.1, -0.05) is 31.5 Å². The van der Waals surface area contributed by atoms with Crippen LogP contribution in [0.15, 0.2) is 28.7 Å². The lowest BCUT2D eigenvalue weighted by atomic mass is 9.95. The van der Waals surface area contributed by atoms with Gasteiger partial charge in [0.1, 0.15) is 11.5 Å². The number of aryl methyl sites for hydroxylation is 2. The molecule has 176 valence electrons. The minimum atomic E-state index is -0.986. The predicted octanol–water partition coefficient (Wildman–Crippen LogP) is 4.93. The van der Waals surface area contributed by atoms with Gasteiger partial charge in [-0.25, -0.2) is 9.78 Å². The maximum absolute atomic E-state index is 11.4. The Balaban J connectivity index is 1.49. The number of hydrogen-bond acceptors (Lipinski definition) is 6. The Labute approximate surface area is 190 Å². The summed E-state index contributed by atoms with van der Waals surface area (Å²) in [4.78, 5) is 16.0. The van der Waals surface area contributed by atoms with Crippen molar-refractivity contribution in [2.75, 3.05) is 13.2 Å². The fraction of sp³-hybridized carbons (Fsp3) is 0.600. The van der Waals surface area contributed by atoms with Crippen molar-refractivity contribution in [2.45, 2.75) is 78.3 Å². The molecule has 1 heterocycles. The third-order valence-corrected chi connectivity index (χ3v) is 5.61. The predicted molar refractivity (Wildman–Crippen MR) is 120 cm³/mol. The summed E-state index contributed by atoms with van der Waals surface area (Å²) < 4.78 is 23.3. The summed E-state index contributed by atoms with van der Waals surface area (Å²) >= 11 is 0. The summed E-state index contributed by atoms with van der Waals surface area (Å²) in [6, 6.07) is 8.08. The van der Waals surface area contributed by atoms with Crippen LogP contribution in [-0.4, -0.2) is 47.6 Å². The smallest absolute Gasteiger partial charge is 0.335 e. The topological polar surface area (TPSA) is 91.0 Å². The molecule has 0 spiro atoms. The molecule has 1 N–H and O–H groups in total. The van der Waals surface area contributed by atoms with E-state index >= 15 is 0 Å². The van der Waals surface area contributed by atoms with E-state index in [1.807, 2.05) is 52.0 Å². The molecule has 1 aliphatic rings. The van der Waals surface area contributed by atoms with Gasteiger partial charge in [-0.2, -0.15) is 0 Å². The highest BCUT2D eigenvalue weighted by molar-refractivity contribution is 5.72. The van der Waals surface area contributed by atoms with Gasteiger partial charge in [0.25, 0.3) is 0 Å². The average molecular weight is 446 g/mol. The van der Waals surface area contributed by atoms with Gasteiger partial charge in [0.2, 0.25) is 5.89 Å². The Morgan fingerprint density at radius 1 is 1.12 bits per heavy atom. The van der Waals surface area contributed by atoms with Gasteiger partial charge in [-0.15, -0.1) is 0 Å². The zero-order chi connectivity index (χ0) is 23.1. The van der Waals surface area contributed by atoms with Crippen molar-refractivity contribution in [3.8, 4) is 11.5 Å². The van der Waals surface area contributed by atoms with Gasteiger partial charge < -0.3 is 23.7 Å². The van der Waals surface area contributed by atoms with E-state index in [0.717, 1.165) is 42.7 Å². The molecular formula is C25H35NO6. The first-order valence-corrected chi connectivity index (χ1v) is 11.4. The fourth-order valence-corrected chi connectivity index (χ4v) is 3.71. The van der Waals surface area contributed by atoms with Gasteiger partial charge in [-0.3, -0.25) is 0 Å². The lowest BCUT2D eigenvalue weighted by molar-refractivity contribution is -0.158. The van der Waals surface area contributed by atoms with Crippen molar-refractivity contribution in [1.29, 1.82) is 0 Å². The second-order valence-electron chi connectivity index (χ2n) is 9.00. The number of hydrogen-bond donors (Lipinski definition) is 1. The van der Waals surface area contributed by atoms with Gasteiger partial charge >= 0.3 is 5.97 Å². The highest BCUT2D eigenvalue weighted by Gasteiger charge is 2.27. The van der Waals surface area contributed by atoms with Crippen molar-refractivity contribution in [3.63, 3.8) is 0 Å². The minimum Gasteiger partial charge on any atom is -0.479 e. The Hall–Kier alpha value is -2.22. The van der Waals surface area contributed by atoms with Crippen molar-refractivity contribution in [1.82, 2.24) is 4.98 Å². The Morgan fingerprint density at radius 3 is 2.47 bits per heavy atom. The quantitative estimate of drug-likeness (QED) is 0.524. The van der Waals surface area contributed by atoms with Gasteiger partial charge in [0.15, 0.2) is 6.10 Å². The average Bonchev–Trinajstić information content (AvgIpc) is 3.13. The molecule has 1 aromatic heterocycles. The van der Waals surface area contributed by atoms with Gasteiger partial charge in [0.05, 0.1) is 32.0 Å². The van der Waals surface area contributed by atoms with Crippen LogP contribution in [0.2, 0.25) is 0 Å². The molecule has 1 saturated carbocycles. The van der Waals surface area contributed by atoms with E-state index in [0.29, 0.717) is 19.1 Å². The summed E-state index contributed by atoms with van der Waals surface area (Å²) in [6.07, 6.45) is 2.65. The molecule has 0 bridgehead atoms. The molecule has 0 saturated heterocycles. The number of nitrogens with zero attached hydrogens (tertiary/aromatic N) is 1. The standard InChI is InChI=1S/C25H35NO6/c1-16(2)13-31-23(25(27)28)15-30-21-7-5-6-20(12-21)29-14-22-18(4)32-24(26-22)19-10-8-17(3)9-11-19/h8-11,16,20-21,23H,5-7,12-15H2,1-4H3,(H,27,28)/t20-,21+,23?/m0/s1. The molecule has 3 atom stereocenters. The van der Waals surface area contributed by atoms with Crippen LogP contribution in [0.3, 0.4) is 0 Å². The monoisotopic (exact) mass is 445 g/mol. The van der Waals surface area contributed by atoms with E-state index in [1.54, 1.807) is 0 Å². The van der Waals surface area contributed by atoms with E-state index in [4.69, 9.17) is 18.6 Å². The summed E-state index contributed by atoms with van der Waals surface area (Å²) in [5.41, 5.74) is 2.94. The third kappa shape index (κ3) is 7.15. The number of aromatic nitrogens is 1. The summed E-state index contributed by atoms with van der Waals surface area (Å²) in [6.45, 7) is 8.77. The second kappa shape index (κ2) is 11.6. The first kappa shape index (κ1) is 24.4. The van der Waals surface area contributed by atoms with Crippen LogP contribution in [0.1, 0.15) is 56.5 Å². The molecule has 1 fully saturated rings. The van der Waals surface area contributed by atoms with E-state index < -0.39 is 12.1 Å². The lowest BCUT2D eigenvalue weighted by Gasteiger charge is -2.30. The molecule has 1 aliphatic carbocycles. The number of rotatable bonds is 11. The van der Waals surface area contributed by atoms with Crippen LogP contribution in [-0.2, 0) is 25.6 Å². The van der Waals surface area contributed by atoms with Crippen molar-refractivity contribution in [2.24, 2.45) is 5.92 Å². The molecular weight excluding hydrogens is 410 g/mol. The first-order valence-electron chi connectivity index (χ1n) is 11.4. The fourth-order valence-electron chi connectivity index (χ4n) is 3.71. The maximum Gasteiger partial charge on any atom is 0.335 e. The molecule has 32 heavy (non-hydrogen) atoms. The van der Waals surface area contributed by atoms with Gasteiger partial charge in [0, 0.05) is 5.56 Å². The Bertz CT molecular complexity index is 860. The zero-order valence-electron chi connectivity index (χ0n) is 19.5. The summed E-state index contributed by atoms with van der Waals surface area (Å²) in [7, 11) is 0. The molecule has 0 radical (unpaired) electrons. The van der Waals surface area contributed by atoms with Crippen molar-refractivity contribution >= 4 is 5.97 Å². The van der Waals surface area contributed by atoms with Crippen molar-refractivity contribution in [3.05, 3.63) is 41.3 Å². The van der Waals surface area contributed by atoms with E-state index in [-0.39, 0.29) is 24.7 Å².